The summed E-state index contributed by atoms with van der Waals surface area (Å²) in [6.07, 6.45) is 4.48. The van der Waals surface area contributed by atoms with Gasteiger partial charge in [-0.25, -0.2) is 9.97 Å². The smallest absolute Gasteiger partial charge is 0.226 e. The summed E-state index contributed by atoms with van der Waals surface area (Å²) in [5.41, 5.74) is 5.78. The second kappa shape index (κ2) is 10.3. The van der Waals surface area contributed by atoms with Crippen molar-refractivity contribution in [1.82, 2.24) is 24.8 Å². The van der Waals surface area contributed by atoms with Gasteiger partial charge in [0.1, 0.15) is 0 Å². The molecule has 3 saturated heterocycles. The van der Waals surface area contributed by atoms with Crippen LogP contribution in [0.15, 0.2) is 35.8 Å². The van der Waals surface area contributed by atoms with Crippen molar-refractivity contribution in [3.8, 4) is 11.3 Å². The molecule has 0 spiro atoms. The first-order chi connectivity index (χ1) is 18.3. The van der Waals surface area contributed by atoms with Gasteiger partial charge in [0.15, 0.2) is 0 Å². The Morgan fingerprint density at radius 1 is 0.919 bits per heavy atom. The molecule has 0 bridgehead atoms. The Morgan fingerprint density at radius 2 is 1.70 bits per heavy atom. The highest BCUT2D eigenvalue weighted by Crippen LogP contribution is 2.38. The average molecular weight is 519 g/mol. The predicted molar refractivity (Wildman–Crippen MR) is 148 cm³/mol. The lowest BCUT2D eigenvalue weighted by molar-refractivity contribution is 0.000265. The lowest BCUT2D eigenvalue weighted by Crippen LogP contribution is -2.48. The van der Waals surface area contributed by atoms with Gasteiger partial charge in [-0.1, -0.05) is 12.1 Å². The molecule has 0 atom stereocenters. The first-order valence-electron chi connectivity index (χ1n) is 13.5. The second-order valence-electron chi connectivity index (χ2n) is 10.3. The fourth-order valence-electron chi connectivity index (χ4n) is 6.07. The number of thiophene rings is 1. The van der Waals surface area contributed by atoms with E-state index < -0.39 is 0 Å². The second-order valence-corrected chi connectivity index (χ2v) is 11.2. The van der Waals surface area contributed by atoms with Gasteiger partial charge in [-0.2, -0.15) is 0 Å². The minimum Gasteiger partial charge on any atom is -0.379 e. The monoisotopic (exact) mass is 518 g/mol. The van der Waals surface area contributed by atoms with Gasteiger partial charge >= 0.3 is 0 Å². The summed E-state index contributed by atoms with van der Waals surface area (Å²) in [6.45, 7) is 10.2. The molecule has 3 aromatic heterocycles. The minimum atomic E-state index is 0.697. The van der Waals surface area contributed by atoms with Crippen LogP contribution in [0.2, 0.25) is 0 Å². The number of likely N-dealkylation sites (tertiary alicyclic amines) is 1. The van der Waals surface area contributed by atoms with Gasteiger partial charge in [0.05, 0.1) is 42.3 Å². The Kier molecular flexibility index (Phi) is 6.56. The Balaban J connectivity index is 1.20. The van der Waals surface area contributed by atoms with Crippen LogP contribution in [0.4, 0.5) is 5.95 Å². The van der Waals surface area contributed by atoms with E-state index in [0.29, 0.717) is 6.04 Å². The van der Waals surface area contributed by atoms with Crippen LogP contribution in [-0.2, 0) is 16.0 Å². The number of aromatic amines is 1. The van der Waals surface area contributed by atoms with Crippen molar-refractivity contribution in [3.63, 3.8) is 0 Å². The van der Waals surface area contributed by atoms with Gasteiger partial charge in [0.25, 0.3) is 0 Å². The van der Waals surface area contributed by atoms with E-state index in [9.17, 15) is 0 Å². The zero-order valence-corrected chi connectivity index (χ0v) is 22.0. The van der Waals surface area contributed by atoms with Crippen molar-refractivity contribution in [1.29, 1.82) is 0 Å². The van der Waals surface area contributed by atoms with Gasteiger partial charge in [-0.05, 0) is 43.4 Å². The zero-order chi connectivity index (χ0) is 24.6. The molecule has 0 radical (unpaired) electrons. The predicted octanol–water partition coefficient (Wildman–Crippen LogP) is 3.97. The molecule has 0 amide bonds. The average Bonchev–Trinajstić information content (AvgIpc) is 3.61. The Hall–Kier alpha value is -2.56. The normalized spacial score (nSPS) is 20.8. The third-order valence-electron chi connectivity index (χ3n) is 8.13. The van der Waals surface area contributed by atoms with Gasteiger partial charge in [-0.15, -0.1) is 11.3 Å². The molecule has 37 heavy (non-hydrogen) atoms. The molecule has 1 aromatic carbocycles. The van der Waals surface area contributed by atoms with Gasteiger partial charge in [0.2, 0.25) is 5.95 Å². The van der Waals surface area contributed by atoms with E-state index in [1.54, 1.807) is 11.3 Å². The number of piperidine rings is 1. The van der Waals surface area contributed by atoms with E-state index >= 15 is 0 Å². The topological polar surface area (TPSA) is 69.8 Å². The summed E-state index contributed by atoms with van der Waals surface area (Å²) < 4.78 is 12.4. The van der Waals surface area contributed by atoms with E-state index in [-0.39, 0.29) is 0 Å². The molecule has 194 valence electrons. The van der Waals surface area contributed by atoms with Crippen molar-refractivity contribution >= 4 is 38.4 Å². The van der Waals surface area contributed by atoms with Crippen molar-refractivity contribution in [2.24, 2.45) is 0 Å². The van der Waals surface area contributed by atoms with E-state index in [1.165, 1.54) is 34.1 Å². The van der Waals surface area contributed by atoms with Crippen LogP contribution < -0.4 is 4.90 Å². The number of ether oxygens (including phenoxy) is 2. The molecule has 4 aromatic rings. The molecule has 1 N–H and O–H groups in total. The van der Waals surface area contributed by atoms with E-state index in [4.69, 9.17) is 19.4 Å². The van der Waals surface area contributed by atoms with Crippen LogP contribution in [0.1, 0.15) is 18.4 Å². The number of hydrogen-bond acceptors (Lipinski definition) is 8. The van der Waals surface area contributed by atoms with Gasteiger partial charge in [0, 0.05) is 67.0 Å². The molecule has 8 nitrogen and oxygen atoms in total. The van der Waals surface area contributed by atoms with Crippen molar-refractivity contribution in [2.75, 3.05) is 70.6 Å². The number of H-pyrrole nitrogens is 1. The third kappa shape index (κ3) is 4.64. The highest BCUT2D eigenvalue weighted by Gasteiger charge is 2.27. The molecule has 0 saturated carbocycles. The van der Waals surface area contributed by atoms with Crippen LogP contribution in [0, 0.1) is 0 Å². The number of benzene rings is 1. The Morgan fingerprint density at radius 3 is 2.51 bits per heavy atom. The number of hydrogen-bond donors (Lipinski definition) is 1. The molecular formula is C28H34N6O2S. The van der Waals surface area contributed by atoms with Crippen LogP contribution >= 0.6 is 11.3 Å². The number of nitrogens with one attached hydrogen (secondary N) is 1. The van der Waals surface area contributed by atoms with Crippen molar-refractivity contribution in [3.05, 3.63) is 41.4 Å². The summed E-state index contributed by atoms with van der Waals surface area (Å²) >= 11 is 1.79. The first kappa shape index (κ1) is 23.5. The number of nitrogens with zero attached hydrogens (tertiary/aromatic N) is 5. The number of fused-ring (bicyclic) bond motifs is 2. The minimum absolute atomic E-state index is 0.697. The molecule has 3 fully saturated rings. The Bertz CT molecular complexity index is 1370. The first-order valence-corrected chi connectivity index (χ1v) is 14.4. The summed E-state index contributed by atoms with van der Waals surface area (Å²) in [5, 5.41) is 3.52. The van der Waals surface area contributed by atoms with Gasteiger partial charge in [-0.3, -0.25) is 9.80 Å². The maximum absolute atomic E-state index is 5.62. The summed E-state index contributed by atoms with van der Waals surface area (Å²) in [5.74, 6) is 0.823. The molecule has 3 aliphatic rings. The van der Waals surface area contributed by atoms with Crippen LogP contribution in [0.3, 0.4) is 0 Å². The molecule has 7 rings (SSSR count). The molecule has 9 heteroatoms. The highest BCUT2D eigenvalue weighted by molar-refractivity contribution is 7.17. The number of rotatable bonds is 5. The maximum atomic E-state index is 5.62. The molecular weight excluding hydrogens is 484 g/mol. The SMILES string of the molecule is c1cc(-c2nc(N3CCOCC3)nc3c(CN4CCC(N5CCOCC5)CC4)csc23)c2cc[nH]c2c1. The molecule has 3 aliphatic heterocycles. The van der Waals surface area contributed by atoms with E-state index in [1.807, 2.05) is 6.20 Å². The maximum Gasteiger partial charge on any atom is 0.226 e. The largest absolute Gasteiger partial charge is 0.379 e. The zero-order valence-electron chi connectivity index (χ0n) is 21.2. The number of morpholine rings is 2. The molecule has 6 heterocycles. The summed E-state index contributed by atoms with van der Waals surface area (Å²) in [7, 11) is 0. The summed E-state index contributed by atoms with van der Waals surface area (Å²) in [6, 6.07) is 9.28. The quantitative estimate of drug-likeness (QED) is 0.429. The lowest BCUT2D eigenvalue weighted by atomic mass is 10.0. The molecule has 0 aliphatic carbocycles. The highest BCUT2D eigenvalue weighted by atomic mass is 32.1. The van der Waals surface area contributed by atoms with E-state index in [2.05, 4.69) is 49.3 Å². The van der Waals surface area contributed by atoms with Crippen LogP contribution in [0.5, 0.6) is 0 Å². The summed E-state index contributed by atoms with van der Waals surface area (Å²) in [4.78, 5) is 21.2. The lowest BCUT2D eigenvalue weighted by Gasteiger charge is -2.40. The Labute approximate surface area is 221 Å². The van der Waals surface area contributed by atoms with Crippen LogP contribution in [-0.4, -0.2) is 96.5 Å². The molecule has 0 unspecified atom stereocenters. The van der Waals surface area contributed by atoms with Gasteiger partial charge < -0.3 is 19.4 Å². The van der Waals surface area contributed by atoms with Crippen molar-refractivity contribution < 1.29 is 9.47 Å². The third-order valence-corrected chi connectivity index (χ3v) is 9.16. The number of anilines is 1. The van der Waals surface area contributed by atoms with E-state index in [0.717, 1.165) is 94.9 Å². The fourth-order valence-corrected chi connectivity index (χ4v) is 7.07. The van der Waals surface area contributed by atoms with Crippen molar-refractivity contribution in [2.45, 2.75) is 25.4 Å². The standard InChI is InChI=1S/C28H34N6O2S/c1-2-23(22-4-7-29-24(22)3-1)26-27-25(30-28(31-26)34-12-16-36-17-13-34)20(19-37-27)18-32-8-5-21(6-9-32)33-10-14-35-15-11-33/h1-4,7,19,21,29H,5-6,8-18H2. The number of aromatic nitrogens is 3. The fraction of sp³-hybridized carbons (Fsp3) is 0.500. The van der Waals surface area contributed by atoms with Crippen LogP contribution in [0.25, 0.3) is 32.4 Å².